The Balaban J connectivity index is 2.30. The second-order valence-electron chi connectivity index (χ2n) is 4.42. The Kier molecular flexibility index (Phi) is 5.25. The van der Waals surface area contributed by atoms with Crippen molar-refractivity contribution >= 4 is 12.0 Å². The van der Waals surface area contributed by atoms with Gasteiger partial charge in [0.15, 0.2) is 0 Å². The van der Waals surface area contributed by atoms with Crippen LogP contribution >= 0.6 is 0 Å². The number of carboxylic acid groups (broad SMARTS) is 1. The minimum Gasteiger partial charge on any atom is -0.481 e. The quantitative estimate of drug-likeness (QED) is 0.584. The minimum atomic E-state index is -1.48. The molecule has 1 rings (SSSR count). The molecule has 0 aliphatic rings. The van der Waals surface area contributed by atoms with Crippen LogP contribution in [0.15, 0.2) is 24.4 Å². The average molecular weight is 267 g/mol. The molecular weight excluding hydrogens is 250 g/mol. The largest absolute Gasteiger partial charge is 0.481 e. The molecule has 0 aliphatic carbocycles. The summed E-state index contributed by atoms with van der Waals surface area (Å²) in [6.07, 6.45) is 1.18. The van der Waals surface area contributed by atoms with Gasteiger partial charge in [0.25, 0.3) is 0 Å². The van der Waals surface area contributed by atoms with Crippen LogP contribution in [0.5, 0.6) is 0 Å². The monoisotopic (exact) mass is 267 g/mol. The van der Waals surface area contributed by atoms with Crippen LogP contribution in [0.3, 0.4) is 0 Å². The fourth-order valence-electron chi connectivity index (χ4n) is 1.40. The van der Waals surface area contributed by atoms with Crippen molar-refractivity contribution in [2.45, 2.75) is 25.5 Å². The van der Waals surface area contributed by atoms with Crippen molar-refractivity contribution < 1.29 is 19.8 Å². The van der Waals surface area contributed by atoms with Gasteiger partial charge >= 0.3 is 12.0 Å². The van der Waals surface area contributed by atoms with E-state index in [9.17, 15) is 14.7 Å². The number of rotatable bonds is 6. The lowest BCUT2D eigenvalue weighted by molar-refractivity contribution is -0.141. The van der Waals surface area contributed by atoms with Gasteiger partial charge in [-0.3, -0.25) is 9.78 Å². The summed E-state index contributed by atoms with van der Waals surface area (Å²) in [5, 5.41) is 23.2. The number of amides is 2. The standard InChI is InChI=1S/C12H17N3O4/c1-12(19,6-10(16)17)8-15-11(18)14-7-9-4-2-3-5-13-9/h2-5,19H,6-8H2,1H3,(H,16,17)(H2,14,15,18). The zero-order chi connectivity index (χ0) is 14.3. The Morgan fingerprint density at radius 1 is 1.37 bits per heavy atom. The molecule has 4 N–H and O–H groups in total. The molecule has 1 heterocycles. The van der Waals surface area contributed by atoms with Crippen LogP contribution in [-0.2, 0) is 11.3 Å². The summed E-state index contributed by atoms with van der Waals surface area (Å²) >= 11 is 0. The number of carboxylic acids is 1. The van der Waals surface area contributed by atoms with E-state index in [2.05, 4.69) is 15.6 Å². The molecule has 0 bridgehead atoms. The molecule has 0 aromatic carbocycles. The van der Waals surface area contributed by atoms with E-state index in [4.69, 9.17) is 5.11 Å². The van der Waals surface area contributed by atoms with Gasteiger partial charge in [0.2, 0.25) is 0 Å². The second-order valence-corrected chi connectivity index (χ2v) is 4.42. The Bertz CT molecular complexity index is 434. The summed E-state index contributed by atoms with van der Waals surface area (Å²) in [4.78, 5) is 25.9. The molecule has 19 heavy (non-hydrogen) atoms. The van der Waals surface area contributed by atoms with E-state index in [1.54, 1.807) is 24.4 Å². The van der Waals surface area contributed by atoms with E-state index in [1.807, 2.05) is 0 Å². The molecular formula is C12H17N3O4. The zero-order valence-electron chi connectivity index (χ0n) is 10.6. The Morgan fingerprint density at radius 3 is 2.68 bits per heavy atom. The molecule has 0 radical (unpaired) electrons. The van der Waals surface area contributed by atoms with Gasteiger partial charge in [0.05, 0.1) is 24.3 Å². The summed E-state index contributed by atoms with van der Waals surface area (Å²) in [6, 6.07) is 4.85. The van der Waals surface area contributed by atoms with E-state index >= 15 is 0 Å². The van der Waals surface area contributed by atoms with Crippen LogP contribution < -0.4 is 10.6 Å². The first-order valence-electron chi connectivity index (χ1n) is 5.75. The van der Waals surface area contributed by atoms with Gasteiger partial charge in [-0.25, -0.2) is 4.79 Å². The molecule has 1 aromatic rings. The smallest absolute Gasteiger partial charge is 0.315 e. The summed E-state index contributed by atoms with van der Waals surface area (Å²) < 4.78 is 0. The summed E-state index contributed by atoms with van der Waals surface area (Å²) in [7, 11) is 0. The van der Waals surface area contributed by atoms with Gasteiger partial charge < -0.3 is 20.8 Å². The maximum absolute atomic E-state index is 11.4. The maximum Gasteiger partial charge on any atom is 0.315 e. The van der Waals surface area contributed by atoms with Gasteiger partial charge in [0.1, 0.15) is 0 Å². The highest BCUT2D eigenvalue weighted by molar-refractivity contribution is 5.74. The third-order valence-corrected chi connectivity index (χ3v) is 2.32. The molecule has 0 aliphatic heterocycles. The van der Waals surface area contributed by atoms with Crippen molar-refractivity contribution in [3.8, 4) is 0 Å². The number of aromatic nitrogens is 1. The molecule has 1 atom stereocenters. The fraction of sp³-hybridized carbons (Fsp3) is 0.417. The molecule has 0 saturated heterocycles. The number of pyridine rings is 1. The van der Waals surface area contributed by atoms with Crippen molar-refractivity contribution in [3.05, 3.63) is 30.1 Å². The van der Waals surface area contributed by atoms with E-state index < -0.39 is 24.0 Å². The molecule has 0 spiro atoms. The molecule has 1 unspecified atom stereocenters. The van der Waals surface area contributed by atoms with Crippen molar-refractivity contribution in [2.24, 2.45) is 0 Å². The normalized spacial score (nSPS) is 13.4. The lowest BCUT2D eigenvalue weighted by Gasteiger charge is -2.21. The molecule has 104 valence electrons. The van der Waals surface area contributed by atoms with Crippen molar-refractivity contribution in [2.75, 3.05) is 6.54 Å². The molecule has 2 amide bonds. The first-order chi connectivity index (χ1) is 8.89. The molecule has 0 saturated carbocycles. The molecule has 0 fully saturated rings. The van der Waals surface area contributed by atoms with Crippen LogP contribution in [0.1, 0.15) is 19.0 Å². The summed E-state index contributed by atoms with van der Waals surface area (Å²) in [6.45, 7) is 1.46. The Morgan fingerprint density at radius 2 is 2.11 bits per heavy atom. The lowest BCUT2D eigenvalue weighted by Crippen LogP contribution is -2.45. The van der Waals surface area contributed by atoms with Crippen LogP contribution in [-0.4, -0.2) is 39.3 Å². The Hall–Kier alpha value is -2.15. The van der Waals surface area contributed by atoms with Gasteiger partial charge in [-0.2, -0.15) is 0 Å². The van der Waals surface area contributed by atoms with Gasteiger partial charge in [0, 0.05) is 12.7 Å². The average Bonchev–Trinajstić information content (AvgIpc) is 2.34. The molecule has 7 nitrogen and oxygen atoms in total. The Labute approximate surface area is 110 Å². The lowest BCUT2D eigenvalue weighted by atomic mass is 10.0. The maximum atomic E-state index is 11.4. The van der Waals surface area contributed by atoms with Crippen molar-refractivity contribution in [3.63, 3.8) is 0 Å². The van der Waals surface area contributed by atoms with E-state index in [0.29, 0.717) is 5.69 Å². The number of carbonyl (C=O) groups excluding carboxylic acids is 1. The predicted molar refractivity (Wildman–Crippen MR) is 67.4 cm³/mol. The van der Waals surface area contributed by atoms with Crippen LogP contribution in [0, 0.1) is 0 Å². The third kappa shape index (κ3) is 6.37. The van der Waals surface area contributed by atoms with Gasteiger partial charge in [-0.15, -0.1) is 0 Å². The van der Waals surface area contributed by atoms with Gasteiger partial charge in [-0.1, -0.05) is 6.07 Å². The van der Waals surface area contributed by atoms with E-state index in [-0.39, 0.29) is 13.1 Å². The zero-order valence-corrected chi connectivity index (χ0v) is 10.6. The topological polar surface area (TPSA) is 112 Å². The number of urea groups is 1. The third-order valence-electron chi connectivity index (χ3n) is 2.32. The van der Waals surface area contributed by atoms with Crippen LogP contribution in [0.4, 0.5) is 4.79 Å². The minimum absolute atomic E-state index is 0.145. The summed E-state index contributed by atoms with van der Waals surface area (Å²) in [5.74, 6) is -1.12. The summed E-state index contributed by atoms with van der Waals surface area (Å²) in [5.41, 5.74) is -0.774. The number of aliphatic hydroxyl groups is 1. The highest BCUT2D eigenvalue weighted by atomic mass is 16.4. The highest BCUT2D eigenvalue weighted by Crippen LogP contribution is 2.07. The first kappa shape index (κ1) is 14.9. The van der Waals surface area contributed by atoms with E-state index in [0.717, 1.165) is 0 Å². The highest BCUT2D eigenvalue weighted by Gasteiger charge is 2.24. The molecule has 1 aromatic heterocycles. The number of nitrogens with zero attached hydrogens (tertiary/aromatic N) is 1. The van der Waals surface area contributed by atoms with Gasteiger partial charge in [-0.05, 0) is 19.1 Å². The van der Waals surface area contributed by atoms with Crippen LogP contribution in [0.2, 0.25) is 0 Å². The number of nitrogens with one attached hydrogen (secondary N) is 2. The number of aliphatic carboxylic acids is 1. The molecule has 7 heteroatoms. The fourth-order valence-corrected chi connectivity index (χ4v) is 1.40. The SMILES string of the molecule is CC(O)(CNC(=O)NCc1ccccn1)CC(=O)O. The van der Waals surface area contributed by atoms with E-state index in [1.165, 1.54) is 6.92 Å². The number of hydrogen-bond donors (Lipinski definition) is 4. The predicted octanol–water partition coefficient (Wildman–Crippen LogP) is 0.106. The van der Waals surface area contributed by atoms with Crippen LogP contribution in [0.25, 0.3) is 0 Å². The van der Waals surface area contributed by atoms with Crippen molar-refractivity contribution in [1.82, 2.24) is 15.6 Å². The first-order valence-corrected chi connectivity index (χ1v) is 5.75. The second kappa shape index (κ2) is 6.69. The van der Waals surface area contributed by atoms with Crippen molar-refractivity contribution in [1.29, 1.82) is 0 Å². The number of carbonyl (C=O) groups is 2. The number of hydrogen-bond acceptors (Lipinski definition) is 4.